The number of piperidine rings is 1. The van der Waals surface area contributed by atoms with Crippen molar-refractivity contribution >= 4 is 34.0 Å². The molecule has 1 aromatic heterocycles. The number of ether oxygens (including phenoxy) is 1. The Kier molecular flexibility index (Phi) is 7.92. The van der Waals surface area contributed by atoms with Crippen molar-refractivity contribution in [3.63, 3.8) is 0 Å². The molecule has 1 fully saturated rings. The van der Waals surface area contributed by atoms with Crippen LogP contribution in [0.3, 0.4) is 0 Å². The second-order valence-corrected chi connectivity index (χ2v) is 10.8. The molecule has 192 valence electrons. The Morgan fingerprint density at radius 2 is 1.71 bits per heavy atom. The summed E-state index contributed by atoms with van der Waals surface area (Å²) < 4.78 is 6.77. The molecule has 0 amide bonds. The number of nitrogens with zero attached hydrogens (tertiary/aromatic N) is 3. The Morgan fingerprint density at radius 3 is 2.37 bits per heavy atom. The van der Waals surface area contributed by atoms with E-state index in [2.05, 4.69) is 35.2 Å². The normalized spacial score (nSPS) is 13.7. The lowest BCUT2D eigenvalue weighted by atomic mass is 9.97. The molecule has 0 aliphatic carbocycles. The van der Waals surface area contributed by atoms with E-state index in [1.807, 2.05) is 48.5 Å². The third-order valence-electron chi connectivity index (χ3n) is 6.78. The molecule has 5 rings (SSSR count). The quantitative estimate of drug-likeness (QED) is 0.259. The van der Waals surface area contributed by atoms with Crippen LogP contribution in [0.15, 0.2) is 72.8 Å². The molecule has 6 nitrogen and oxygen atoms in total. The van der Waals surface area contributed by atoms with Crippen LogP contribution in [0.25, 0.3) is 22.4 Å². The van der Waals surface area contributed by atoms with E-state index in [1.165, 1.54) is 16.9 Å². The number of hydrogen-bond donors (Lipinski definition) is 1. The van der Waals surface area contributed by atoms with Crippen molar-refractivity contribution in [1.29, 1.82) is 5.26 Å². The predicted octanol–water partition coefficient (Wildman–Crippen LogP) is 6.92. The maximum atomic E-state index is 11.3. The predicted molar refractivity (Wildman–Crippen MR) is 151 cm³/mol. The highest BCUT2D eigenvalue weighted by atomic mass is 35.5. The van der Waals surface area contributed by atoms with Gasteiger partial charge in [-0.15, -0.1) is 0 Å². The van der Waals surface area contributed by atoms with Gasteiger partial charge in [0.15, 0.2) is 5.13 Å². The molecule has 1 saturated heterocycles. The maximum Gasteiger partial charge on any atom is 0.306 e. The second-order valence-electron chi connectivity index (χ2n) is 9.20. The molecule has 0 bridgehead atoms. The third kappa shape index (κ3) is 5.83. The van der Waals surface area contributed by atoms with Gasteiger partial charge < -0.3 is 14.7 Å². The Balaban J connectivity index is 1.23. The van der Waals surface area contributed by atoms with Gasteiger partial charge in [0.2, 0.25) is 0 Å². The Bertz CT molecular complexity index is 1450. The van der Waals surface area contributed by atoms with Gasteiger partial charge in [0, 0.05) is 25.1 Å². The fourth-order valence-corrected chi connectivity index (χ4v) is 5.79. The molecule has 1 aliphatic rings. The van der Waals surface area contributed by atoms with Crippen LogP contribution in [0.5, 0.6) is 5.75 Å². The molecule has 2 heterocycles. The maximum absolute atomic E-state index is 11.3. The summed E-state index contributed by atoms with van der Waals surface area (Å²) in [5, 5.41) is 19.1. The van der Waals surface area contributed by atoms with E-state index in [9.17, 15) is 9.90 Å². The number of para-hydroxylation sites is 1. The summed E-state index contributed by atoms with van der Waals surface area (Å²) in [5.41, 5.74) is 5.53. The summed E-state index contributed by atoms with van der Waals surface area (Å²) in [6.45, 7) is 1.81. The molecule has 0 atom stereocenters. The highest BCUT2D eigenvalue weighted by Gasteiger charge is 2.27. The number of anilines is 1. The van der Waals surface area contributed by atoms with Gasteiger partial charge in [0.25, 0.3) is 0 Å². The number of carboxylic acids is 1. The average Bonchev–Trinajstić information content (AvgIpc) is 3.35. The molecule has 4 aromatic rings. The zero-order valence-corrected chi connectivity index (χ0v) is 22.2. The fourth-order valence-electron chi connectivity index (χ4n) is 4.58. The summed E-state index contributed by atoms with van der Waals surface area (Å²) in [6.07, 6.45) is 1.96. The van der Waals surface area contributed by atoms with Gasteiger partial charge in [-0.3, -0.25) is 4.79 Å². The van der Waals surface area contributed by atoms with Crippen molar-refractivity contribution in [1.82, 2.24) is 4.98 Å². The van der Waals surface area contributed by atoms with Crippen LogP contribution in [-0.2, 0) is 11.2 Å². The number of aliphatic carboxylic acids is 1. The van der Waals surface area contributed by atoms with Crippen molar-refractivity contribution in [2.75, 3.05) is 24.6 Å². The highest BCUT2D eigenvalue weighted by Crippen LogP contribution is 2.41. The van der Waals surface area contributed by atoms with Gasteiger partial charge in [-0.25, -0.2) is 4.98 Å². The standard InChI is InChI=1S/C30H26ClN3O3S/c31-28-27(33-30(38-28)34-16-13-24(14-17-34)29(35)36)25-3-1-2-4-26(25)37-18-15-20-5-9-22(10-6-20)23-11-7-21(19-32)8-12-23/h1-12,24H,13-18H2,(H,35,36). The first kappa shape index (κ1) is 25.8. The lowest BCUT2D eigenvalue weighted by molar-refractivity contribution is -0.142. The molecular formula is C30H26ClN3O3S. The molecule has 8 heteroatoms. The van der Waals surface area contributed by atoms with Gasteiger partial charge in [-0.2, -0.15) is 5.26 Å². The smallest absolute Gasteiger partial charge is 0.306 e. The lowest BCUT2D eigenvalue weighted by Gasteiger charge is -2.29. The molecule has 0 radical (unpaired) electrons. The van der Waals surface area contributed by atoms with E-state index in [4.69, 9.17) is 26.6 Å². The lowest BCUT2D eigenvalue weighted by Crippen LogP contribution is -2.36. The molecule has 0 unspecified atom stereocenters. The summed E-state index contributed by atoms with van der Waals surface area (Å²) in [5.74, 6) is -0.289. The first-order chi connectivity index (χ1) is 18.5. The fraction of sp³-hybridized carbons (Fsp3) is 0.233. The van der Waals surface area contributed by atoms with Gasteiger partial charge in [-0.05, 0) is 53.8 Å². The number of rotatable bonds is 8. The van der Waals surface area contributed by atoms with Crippen LogP contribution < -0.4 is 9.64 Å². The van der Waals surface area contributed by atoms with Crippen LogP contribution in [0.1, 0.15) is 24.0 Å². The minimum atomic E-state index is -0.726. The number of halogens is 1. The summed E-state index contributed by atoms with van der Waals surface area (Å²) >= 11 is 8.04. The first-order valence-electron chi connectivity index (χ1n) is 12.5. The number of thiazole rings is 1. The van der Waals surface area contributed by atoms with Gasteiger partial charge >= 0.3 is 5.97 Å². The van der Waals surface area contributed by atoms with Gasteiger partial charge in [0.1, 0.15) is 15.8 Å². The SMILES string of the molecule is N#Cc1ccc(-c2ccc(CCOc3ccccc3-c3nc(N4CCC(C(=O)O)CC4)sc3Cl)cc2)cc1. The molecular weight excluding hydrogens is 518 g/mol. The van der Waals surface area contributed by atoms with Crippen molar-refractivity contribution in [2.45, 2.75) is 19.3 Å². The second kappa shape index (κ2) is 11.7. The monoisotopic (exact) mass is 543 g/mol. The van der Waals surface area contributed by atoms with Crippen molar-refractivity contribution in [2.24, 2.45) is 5.92 Å². The minimum Gasteiger partial charge on any atom is -0.493 e. The van der Waals surface area contributed by atoms with E-state index in [0.29, 0.717) is 48.1 Å². The van der Waals surface area contributed by atoms with Crippen molar-refractivity contribution in [3.05, 3.63) is 88.3 Å². The molecule has 1 N–H and O–H groups in total. The molecule has 3 aromatic carbocycles. The van der Waals surface area contributed by atoms with E-state index in [1.54, 1.807) is 0 Å². The van der Waals surface area contributed by atoms with Crippen LogP contribution in [-0.4, -0.2) is 35.8 Å². The van der Waals surface area contributed by atoms with Crippen molar-refractivity contribution in [3.8, 4) is 34.2 Å². The zero-order chi connectivity index (χ0) is 26.5. The number of aromatic nitrogens is 1. The Hall–Kier alpha value is -3.86. The summed E-state index contributed by atoms with van der Waals surface area (Å²) in [4.78, 5) is 18.2. The summed E-state index contributed by atoms with van der Waals surface area (Å²) in [7, 11) is 0. The van der Waals surface area contributed by atoms with Crippen LogP contribution in [0, 0.1) is 17.2 Å². The average molecular weight is 544 g/mol. The Labute approximate surface area is 230 Å². The first-order valence-corrected chi connectivity index (χ1v) is 13.7. The highest BCUT2D eigenvalue weighted by molar-refractivity contribution is 7.20. The van der Waals surface area contributed by atoms with Crippen LogP contribution >= 0.6 is 22.9 Å². The number of carboxylic acid groups (broad SMARTS) is 1. The minimum absolute atomic E-state index is 0.289. The number of hydrogen-bond acceptors (Lipinski definition) is 6. The summed E-state index contributed by atoms with van der Waals surface area (Å²) in [6, 6.07) is 25.8. The number of carbonyl (C=O) groups is 1. The van der Waals surface area contributed by atoms with Crippen LogP contribution in [0.2, 0.25) is 4.34 Å². The van der Waals surface area contributed by atoms with E-state index in [-0.39, 0.29) is 5.92 Å². The van der Waals surface area contributed by atoms with Crippen molar-refractivity contribution < 1.29 is 14.6 Å². The largest absolute Gasteiger partial charge is 0.493 e. The molecule has 0 spiro atoms. The molecule has 1 aliphatic heterocycles. The van der Waals surface area contributed by atoms with E-state index >= 15 is 0 Å². The van der Waals surface area contributed by atoms with E-state index in [0.717, 1.165) is 34.0 Å². The topological polar surface area (TPSA) is 86.5 Å². The van der Waals surface area contributed by atoms with E-state index < -0.39 is 5.97 Å². The molecule has 38 heavy (non-hydrogen) atoms. The van der Waals surface area contributed by atoms with Gasteiger partial charge in [-0.1, -0.05) is 71.5 Å². The zero-order valence-electron chi connectivity index (χ0n) is 20.6. The third-order valence-corrected chi connectivity index (χ3v) is 8.10. The number of benzene rings is 3. The van der Waals surface area contributed by atoms with Crippen LogP contribution in [0.4, 0.5) is 5.13 Å². The van der Waals surface area contributed by atoms with Gasteiger partial charge in [0.05, 0.1) is 24.2 Å². The molecule has 0 saturated carbocycles. The Morgan fingerprint density at radius 1 is 1.05 bits per heavy atom. The number of nitriles is 1.